The minimum atomic E-state index is 0.550. The maximum absolute atomic E-state index is 3.87. The Bertz CT molecular complexity index is 461. The van der Waals surface area contributed by atoms with Gasteiger partial charge in [-0.1, -0.05) is 54.6 Å². The lowest BCUT2D eigenvalue weighted by molar-refractivity contribution is 0.794. The number of allylic oxidation sites excluding steroid dienone is 1. The van der Waals surface area contributed by atoms with Crippen molar-refractivity contribution in [2.24, 2.45) is 0 Å². The molecule has 1 atom stereocenters. The van der Waals surface area contributed by atoms with Gasteiger partial charge in [-0.25, -0.2) is 0 Å². The normalized spacial score (nSPS) is 12.0. The molecule has 0 fully saturated rings. The predicted octanol–water partition coefficient (Wildman–Crippen LogP) is 5.14. The third-order valence-electron chi connectivity index (χ3n) is 2.92. The van der Waals surface area contributed by atoms with E-state index >= 15 is 0 Å². The Kier molecular flexibility index (Phi) is 5.10. The van der Waals surface area contributed by atoms with Crippen LogP contribution in [0.5, 0.6) is 0 Å². The average molecular weight is 254 g/mol. The third-order valence-corrected chi connectivity index (χ3v) is 4.09. The summed E-state index contributed by atoms with van der Waals surface area (Å²) in [5, 5.41) is 0. The van der Waals surface area contributed by atoms with Crippen molar-refractivity contribution in [2.45, 2.75) is 17.2 Å². The maximum Gasteiger partial charge on any atom is 0.00721 e. The lowest BCUT2D eigenvalue weighted by Crippen LogP contribution is -2.00. The smallest absolute Gasteiger partial charge is 0.00721 e. The molecule has 0 aliphatic rings. The second-order valence-electron chi connectivity index (χ2n) is 4.26. The van der Waals surface area contributed by atoms with E-state index in [4.69, 9.17) is 0 Å². The molecule has 1 unspecified atom stereocenters. The standard InChI is InChI=1S/C17H18S/c1-2-9-16(15-10-5-3-6-11-15)14-18-17-12-7-4-8-13-17/h2-8,10-13,16H,1,9,14H2. The molecule has 2 rings (SSSR count). The number of rotatable bonds is 6. The van der Waals surface area contributed by atoms with E-state index in [0.717, 1.165) is 12.2 Å². The molecular weight excluding hydrogens is 236 g/mol. The Morgan fingerprint density at radius 2 is 1.56 bits per heavy atom. The fourth-order valence-corrected chi connectivity index (χ4v) is 3.01. The zero-order chi connectivity index (χ0) is 12.6. The van der Waals surface area contributed by atoms with Crippen LogP contribution in [-0.2, 0) is 0 Å². The van der Waals surface area contributed by atoms with Crippen molar-refractivity contribution in [3.05, 3.63) is 78.9 Å². The topological polar surface area (TPSA) is 0 Å². The molecule has 0 aliphatic heterocycles. The van der Waals surface area contributed by atoms with Gasteiger partial charge in [-0.15, -0.1) is 18.3 Å². The summed E-state index contributed by atoms with van der Waals surface area (Å²) in [6.45, 7) is 3.87. The van der Waals surface area contributed by atoms with Crippen LogP contribution in [0.1, 0.15) is 17.9 Å². The van der Waals surface area contributed by atoms with Crippen molar-refractivity contribution in [3.8, 4) is 0 Å². The molecule has 0 N–H and O–H groups in total. The summed E-state index contributed by atoms with van der Waals surface area (Å²) in [6, 6.07) is 21.3. The summed E-state index contributed by atoms with van der Waals surface area (Å²) in [5.41, 5.74) is 1.40. The first-order chi connectivity index (χ1) is 8.90. The Hall–Kier alpha value is -1.47. The van der Waals surface area contributed by atoms with Gasteiger partial charge in [0.2, 0.25) is 0 Å². The monoisotopic (exact) mass is 254 g/mol. The van der Waals surface area contributed by atoms with Crippen LogP contribution in [0.2, 0.25) is 0 Å². The zero-order valence-corrected chi connectivity index (χ0v) is 11.3. The van der Waals surface area contributed by atoms with Gasteiger partial charge in [0.05, 0.1) is 0 Å². The van der Waals surface area contributed by atoms with Crippen LogP contribution in [0.15, 0.2) is 78.2 Å². The molecular formula is C17H18S. The van der Waals surface area contributed by atoms with Crippen molar-refractivity contribution in [1.82, 2.24) is 0 Å². The molecule has 0 aliphatic carbocycles. The lowest BCUT2D eigenvalue weighted by Gasteiger charge is -2.15. The van der Waals surface area contributed by atoms with E-state index in [1.165, 1.54) is 10.5 Å². The molecule has 18 heavy (non-hydrogen) atoms. The van der Waals surface area contributed by atoms with Crippen molar-refractivity contribution >= 4 is 11.8 Å². The molecule has 0 heterocycles. The van der Waals surface area contributed by atoms with Crippen molar-refractivity contribution in [1.29, 1.82) is 0 Å². The summed E-state index contributed by atoms with van der Waals surface area (Å²) in [5.74, 6) is 1.65. The molecule has 92 valence electrons. The van der Waals surface area contributed by atoms with Gasteiger partial charge in [-0.05, 0) is 30.0 Å². The van der Waals surface area contributed by atoms with Crippen LogP contribution < -0.4 is 0 Å². The van der Waals surface area contributed by atoms with Crippen LogP contribution in [0, 0.1) is 0 Å². The van der Waals surface area contributed by atoms with Crippen LogP contribution in [0.4, 0.5) is 0 Å². The first-order valence-electron chi connectivity index (χ1n) is 6.24. The Balaban J connectivity index is 2.01. The number of thioether (sulfide) groups is 1. The summed E-state index contributed by atoms with van der Waals surface area (Å²) in [7, 11) is 0. The van der Waals surface area contributed by atoms with Gasteiger partial charge in [-0.2, -0.15) is 0 Å². The Morgan fingerprint density at radius 3 is 2.17 bits per heavy atom. The van der Waals surface area contributed by atoms with Crippen LogP contribution in [0.3, 0.4) is 0 Å². The minimum absolute atomic E-state index is 0.550. The molecule has 0 saturated heterocycles. The highest BCUT2D eigenvalue weighted by Gasteiger charge is 2.09. The third kappa shape index (κ3) is 3.78. The fraction of sp³-hybridized carbons (Fsp3) is 0.176. The Labute approximate surface area is 114 Å². The number of benzene rings is 2. The van der Waals surface area contributed by atoms with E-state index in [1.54, 1.807) is 0 Å². The molecule has 0 nitrogen and oxygen atoms in total. The number of hydrogen-bond acceptors (Lipinski definition) is 1. The summed E-state index contributed by atoms with van der Waals surface area (Å²) >= 11 is 1.92. The van der Waals surface area contributed by atoms with Crippen LogP contribution in [0.25, 0.3) is 0 Å². The lowest BCUT2D eigenvalue weighted by atomic mass is 9.98. The number of hydrogen-bond donors (Lipinski definition) is 0. The van der Waals surface area contributed by atoms with Crippen molar-refractivity contribution < 1.29 is 0 Å². The van der Waals surface area contributed by atoms with Crippen LogP contribution in [-0.4, -0.2) is 5.75 Å². The van der Waals surface area contributed by atoms with Gasteiger partial charge in [0.25, 0.3) is 0 Å². The summed E-state index contributed by atoms with van der Waals surface area (Å²) in [6.07, 6.45) is 3.05. The van der Waals surface area contributed by atoms with E-state index in [-0.39, 0.29) is 0 Å². The largest absolute Gasteiger partial charge is 0.126 e. The van der Waals surface area contributed by atoms with E-state index in [2.05, 4.69) is 67.2 Å². The van der Waals surface area contributed by atoms with Gasteiger partial charge in [0.1, 0.15) is 0 Å². The molecule has 1 heteroatoms. The minimum Gasteiger partial charge on any atom is -0.126 e. The van der Waals surface area contributed by atoms with Crippen molar-refractivity contribution in [3.63, 3.8) is 0 Å². The molecule has 0 spiro atoms. The predicted molar refractivity (Wildman–Crippen MR) is 81.2 cm³/mol. The van der Waals surface area contributed by atoms with Gasteiger partial charge < -0.3 is 0 Å². The molecule has 2 aromatic carbocycles. The Morgan fingerprint density at radius 1 is 0.944 bits per heavy atom. The molecule has 0 aromatic heterocycles. The summed E-state index contributed by atoms with van der Waals surface area (Å²) in [4.78, 5) is 1.34. The highest BCUT2D eigenvalue weighted by molar-refractivity contribution is 7.99. The molecule has 0 radical (unpaired) electrons. The molecule has 0 amide bonds. The van der Waals surface area contributed by atoms with Crippen LogP contribution >= 0.6 is 11.8 Å². The highest BCUT2D eigenvalue weighted by atomic mass is 32.2. The second kappa shape index (κ2) is 7.07. The van der Waals surface area contributed by atoms with Gasteiger partial charge >= 0.3 is 0 Å². The highest BCUT2D eigenvalue weighted by Crippen LogP contribution is 2.28. The zero-order valence-electron chi connectivity index (χ0n) is 10.5. The first kappa shape index (κ1) is 13.0. The van der Waals surface area contributed by atoms with Gasteiger partial charge in [0, 0.05) is 10.6 Å². The van der Waals surface area contributed by atoms with Crippen molar-refractivity contribution in [2.75, 3.05) is 5.75 Å². The van der Waals surface area contributed by atoms with E-state index in [1.807, 2.05) is 17.8 Å². The SMILES string of the molecule is C=CCC(CSc1ccccc1)c1ccccc1. The fourth-order valence-electron chi connectivity index (χ4n) is 1.94. The first-order valence-corrected chi connectivity index (χ1v) is 7.22. The molecule has 0 saturated carbocycles. The quantitative estimate of drug-likeness (QED) is 0.508. The van der Waals surface area contributed by atoms with E-state index in [0.29, 0.717) is 5.92 Å². The van der Waals surface area contributed by atoms with E-state index < -0.39 is 0 Å². The second-order valence-corrected chi connectivity index (χ2v) is 5.35. The molecule has 2 aromatic rings. The average Bonchev–Trinajstić information content (AvgIpc) is 2.45. The van der Waals surface area contributed by atoms with Gasteiger partial charge in [-0.3, -0.25) is 0 Å². The molecule has 0 bridgehead atoms. The maximum atomic E-state index is 3.87. The van der Waals surface area contributed by atoms with E-state index in [9.17, 15) is 0 Å². The summed E-state index contributed by atoms with van der Waals surface area (Å²) < 4.78 is 0. The van der Waals surface area contributed by atoms with Gasteiger partial charge in [0.15, 0.2) is 0 Å².